The van der Waals surface area contributed by atoms with Crippen molar-refractivity contribution in [1.82, 2.24) is 10.3 Å². The third kappa shape index (κ3) is 4.15. The Labute approximate surface area is 98.9 Å². The van der Waals surface area contributed by atoms with Gasteiger partial charge in [0.05, 0.1) is 11.6 Å². The summed E-state index contributed by atoms with van der Waals surface area (Å²) in [5.74, 6) is 0.650. The van der Waals surface area contributed by atoms with Crippen molar-refractivity contribution in [1.29, 1.82) is 0 Å². The van der Waals surface area contributed by atoms with E-state index in [-0.39, 0.29) is 18.3 Å². The van der Waals surface area contributed by atoms with Crippen LogP contribution in [0.2, 0.25) is 0 Å². The van der Waals surface area contributed by atoms with Crippen molar-refractivity contribution in [3.63, 3.8) is 0 Å². The van der Waals surface area contributed by atoms with Gasteiger partial charge in [0.1, 0.15) is 5.82 Å². The van der Waals surface area contributed by atoms with Crippen molar-refractivity contribution in [2.45, 2.75) is 25.8 Å². The Morgan fingerprint density at radius 3 is 2.93 bits per heavy atom. The van der Waals surface area contributed by atoms with Crippen LogP contribution < -0.4 is 10.6 Å². The van der Waals surface area contributed by atoms with Crippen molar-refractivity contribution in [3.05, 3.63) is 10.4 Å². The van der Waals surface area contributed by atoms with E-state index in [0.29, 0.717) is 18.4 Å². The second-order valence-electron chi connectivity index (χ2n) is 3.46. The molecule has 0 spiro atoms. The monoisotopic (exact) mass is 247 g/mol. The third-order valence-corrected chi connectivity index (χ3v) is 2.79. The van der Waals surface area contributed by atoms with Gasteiger partial charge in [0.25, 0.3) is 0 Å². The predicted octanol–water partition coefficient (Wildman–Crippen LogP) is 1.56. The summed E-state index contributed by atoms with van der Waals surface area (Å²) in [5.41, 5.74) is 0. The lowest BCUT2D eigenvalue weighted by Crippen LogP contribution is -2.29. The largest absolute Gasteiger partial charge is 0.309 e. The number of rotatable bonds is 4. The van der Waals surface area contributed by atoms with Crippen LogP contribution in [0.4, 0.5) is 5.82 Å². The van der Waals surface area contributed by atoms with Crippen molar-refractivity contribution < 1.29 is 4.79 Å². The Morgan fingerprint density at radius 2 is 2.40 bits per heavy atom. The lowest BCUT2D eigenvalue weighted by atomic mass is 10.5. The average Bonchev–Trinajstić information content (AvgIpc) is 2.88. The Hall–Kier alpha value is -0.650. The van der Waals surface area contributed by atoms with Crippen molar-refractivity contribution >= 4 is 35.5 Å². The molecule has 1 saturated carbocycles. The molecule has 2 rings (SSSR count). The topological polar surface area (TPSA) is 54.0 Å². The van der Waals surface area contributed by atoms with Crippen molar-refractivity contribution in [2.75, 3.05) is 11.9 Å². The van der Waals surface area contributed by atoms with Crippen LogP contribution in [0.1, 0.15) is 17.8 Å². The van der Waals surface area contributed by atoms with Gasteiger partial charge in [0, 0.05) is 11.4 Å². The molecule has 0 unspecified atom stereocenters. The number of carbonyl (C=O) groups excluding carboxylic acids is 1. The zero-order valence-electron chi connectivity index (χ0n) is 8.45. The molecule has 1 aromatic heterocycles. The highest BCUT2D eigenvalue weighted by Gasteiger charge is 2.21. The molecule has 2 N–H and O–H groups in total. The molecule has 1 heterocycles. The van der Waals surface area contributed by atoms with E-state index in [1.54, 1.807) is 0 Å². The highest BCUT2D eigenvalue weighted by Crippen LogP contribution is 2.18. The van der Waals surface area contributed by atoms with Crippen LogP contribution in [-0.4, -0.2) is 23.5 Å². The van der Waals surface area contributed by atoms with Gasteiger partial charge in [-0.15, -0.1) is 23.7 Å². The number of amides is 1. The fraction of sp³-hybridized carbons (Fsp3) is 0.556. The highest BCUT2D eigenvalue weighted by atomic mass is 35.5. The van der Waals surface area contributed by atoms with Gasteiger partial charge < -0.3 is 10.6 Å². The minimum absolute atomic E-state index is 0. The standard InChI is InChI=1S/C9H13N3OS.ClH/c1-6-11-8(5-14-6)12-9(13)4-10-7-2-3-7;/h5,7,10H,2-4H2,1H3,(H,12,13);1H. The van der Waals surface area contributed by atoms with Gasteiger partial charge in [-0.05, 0) is 19.8 Å². The number of hydrogen-bond acceptors (Lipinski definition) is 4. The van der Waals surface area contributed by atoms with Crippen molar-refractivity contribution in [3.8, 4) is 0 Å². The Morgan fingerprint density at radius 1 is 1.67 bits per heavy atom. The third-order valence-electron chi connectivity index (χ3n) is 2.02. The zero-order valence-corrected chi connectivity index (χ0v) is 10.1. The minimum Gasteiger partial charge on any atom is -0.309 e. The number of aryl methyl sites for hydroxylation is 1. The smallest absolute Gasteiger partial charge is 0.239 e. The minimum atomic E-state index is -0.0119. The number of carbonyl (C=O) groups is 1. The number of aromatic nitrogens is 1. The fourth-order valence-corrected chi connectivity index (χ4v) is 1.68. The summed E-state index contributed by atoms with van der Waals surface area (Å²) in [6, 6.07) is 0.568. The molecule has 1 amide bonds. The first-order valence-electron chi connectivity index (χ1n) is 4.69. The van der Waals surface area contributed by atoms with Gasteiger partial charge in [-0.3, -0.25) is 4.79 Å². The maximum absolute atomic E-state index is 11.3. The van der Waals surface area contributed by atoms with Gasteiger partial charge in [-0.25, -0.2) is 4.98 Å². The lowest BCUT2D eigenvalue weighted by molar-refractivity contribution is -0.115. The van der Waals surface area contributed by atoms with Gasteiger partial charge in [-0.2, -0.15) is 0 Å². The molecule has 1 aliphatic carbocycles. The van der Waals surface area contributed by atoms with Crippen LogP contribution in [0.15, 0.2) is 5.38 Å². The highest BCUT2D eigenvalue weighted by molar-refractivity contribution is 7.09. The molecule has 1 fully saturated rings. The second kappa shape index (κ2) is 5.44. The molecule has 1 aromatic rings. The molecule has 0 bridgehead atoms. The van der Waals surface area contributed by atoms with Crippen LogP contribution in [0.25, 0.3) is 0 Å². The number of nitrogens with one attached hydrogen (secondary N) is 2. The predicted molar refractivity (Wildman–Crippen MR) is 63.8 cm³/mol. The fourth-order valence-electron chi connectivity index (χ4n) is 1.13. The van der Waals surface area contributed by atoms with E-state index < -0.39 is 0 Å². The summed E-state index contributed by atoms with van der Waals surface area (Å²) in [7, 11) is 0. The summed E-state index contributed by atoms with van der Waals surface area (Å²) in [6.07, 6.45) is 2.40. The summed E-state index contributed by atoms with van der Waals surface area (Å²) < 4.78 is 0. The molecular weight excluding hydrogens is 234 g/mol. The average molecular weight is 248 g/mol. The molecule has 6 heteroatoms. The normalized spacial score (nSPS) is 14.5. The number of halogens is 1. The molecule has 0 aliphatic heterocycles. The van der Waals surface area contributed by atoms with Gasteiger partial charge in [-0.1, -0.05) is 0 Å². The molecule has 4 nitrogen and oxygen atoms in total. The summed E-state index contributed by atoms with van der Waals surface area (Å²) in [6.45, 7) is 2.31. The molecule has 0 atom stereocenters. The number of nitrogens with zero attached hydrogens (tertiary/aromatic N) is 1. The van der Waals surface area contributed by atoms with Crippen molar-refractivity contribution in [2.24, 2.45) is 0 Å². The molecular formula is C9H14ClN3OS. The van der Waals surface area contributed by atoms with Crippen LogP contribution in [0, 0.1) is 6.92 Å². The first-order chi connectivity index (χ1) is 6.74. The molecule has 15 heavy (non-hydrogen) atoms. The first-order valence-corrected chi connectivity index (χ1v) is 5.57. The second-order valence-corrected chi connectivity index (χ2v) is 4.52. The Kier molecular flexibility index (Phi) is 4.50. The quantitative estimate of drug-likeness (QED) is 0.849. The zero-order chi connectivity index (χ0) is 9.97. The van der Waals surface area contributed by atoms with Gasteiger partial charge >= 0.3 is 0 Å². The molecule has 84 valence electrons. The van der Waals surface area contributed by atoms with E-state index in [0.717, 1.165) is 5.01 Å². The van der Waals surface area contributed by atoms with Crippen LogP contribution in [0.5, 0.6) is 0 Å². The summed E-state index contributed by atoms with van der Waals surface area (Å²) in [4.78, 5) is 15.5. The van der Waals surface area contributed by atoms with Crippen LogP contribution >= 0.6 is 23.7 Å². The molecule has 1 aliphatic rings. The van der Waals surface area contributed by atoms with Gasteiger partial charge in [0.15, 0.2) is 0 Å². The maximum Gasteiger partial charge on any atom is 0.239 e. The number of thiazole rings is 1. The molecule has 0 saturated heterocycles. The summed E-state index contributed by atoms with van der Waals surface area (Å²) in [5, 5.41) is 8.71. The van der Waals surface area contributed by atoms with E-state index in [9.17, 15) is 4.79 Å². The van der Waals surface area contributed by atoms with Gasteiger partial charge in [0.2, 0.25) is 5.91 Å². The van der Waals surface area contributed by atoms with E-state index in [2.05, 4.69) is 15.6 Å². The van der Waals surface area contributed by atoms with Crippen LogP contribution in [0.3, 0.4) is 0 Å². The van der Waals surface area contributed by atoms with E-state index in [1.807, 2.05) is 12.3 Å². The van der Waals surface area contributed by atoms with E-state index >= 15 is 0 Å². The SMILES string of the molecule is Cc1nc(NC(=O)CNC2CC2)cs1.Cl. The van der Waals surface area contributed by atoms with E-state index in [1.165, 1.54) is 24.2 Å². The first kappa shape index (κ1) is 12.4. The number of hydrogen-bond donors (Lipinski definition) is 2. The maximum atomic E-state index is 11.3. The molecule has 0 radical (unpaired) electrons. The Balaban J connectivity index is 0.00000112. The number of anilines is 1. The molecule has 0 aromatic carbocycles. The van der Waals surface area contributed by atoms with Crippen LogP contribution in [-0.2, 0) is 4.79 Å². The van der Waals surface area contributed by atoms with E-state index in [4.69, 9.17) is 0 Å². The Bertz CT molecular complexity index is 338. The lowest BCUT2D eigenvalue weighted by Gasteiger charge is -2.02. The summed E-state index contributed by atoms with van der Waals surface area (Å²) >= 11 is 1.54.